The number of nitrogens with two attached hydrogens (primary N) is 1. The van der Waals surface area contributed by atoms with Crippen LogP contribution in [0.5, 0.6) is 0 Å². The third-order valence-electron chi connectivity index (χ3n) is 2.92. The Hall–Kier alpha value is -1.20. The summed E-state index contributed by atoms with van der Waals surface area (Å²) in [4.78, 5) is 4.21. The van der Waals surface area contributed by atoms with Gasteiger partial charge in [0.2, 0.25) is 11.7 Å². The van der Waals surface area contributed by atoms with E-state index in [0.717, 1.165) is 16.0 Å². The van der Waals surface area contributed by atoms with Gasteiger partial charge in [0.25, 0.3) is 0 Å². The molecule has 1 aliphatic carbocycles. The first-order chi connectivity index (χ1) is 8.28. The van der Waals surface area contributed by atoms with Crippen LogP contribution in [-0.4, -0.2) is 10.1 Å². The Balaban J connectivity index is 1.95. The molecule has 1 fully saturated rings. The second-order valence-electron chi connectivity index (χ2n) is 4.23. The lowest BCUT2D eigenvalue weighted by molar-refractivity contribution is 0.380. The molecule has 88 valence electrons. The van der Waals surface area contributed by atoms with E-state index in [9.17, 15) is 0 Å². The third kappa shape index (κ3) is 2.12. The van der Waals surface area contributed by atoms with E-state index >= 15 is 0 Å². The van der Waals surface area contributed by atoms with Gasteiger partial charge in [0.05, 0.1) is 6.54 Å². The van der Waals surface area contributed by atoms with Crippen molar-refractivity contribution < 1.29 is 4.52 Å². The molecule has 0 unspecified atom stereocenters. The van der Waals surface area contributed by atoms with Crippen molar-refractivity contribution in [1.82, 2.24) is 10.1 Å². The second kappa shape index (κ2) is 4.23. The monoisotopic (exact) mass is 293 g/mol. The topological polar surface area (TPSA) is 64.9 Å². The van der Waals surface area contributed by atoms with Gasteiger partial charge in [0.15, 0.2) is 0 Å². The number of hydrogen-bond acceptors (Lipinski definition) is 4. The maximum atomic E-state index is 5.44. The lowest BCUT2D eigenvalue weighted by Crippen LogP contribution is -1.95. The number of rotatable bonds is 3. The summed E-state index contributed by atoms with van der Waals surface area (Å²) in [6, 6.07) is 6.21. The summed E-state index contributed by atoms with van der Waals surface area (Å²) in [5.74, 6) is 1.78. The maximum absolute atomic E-state index is 5.44. The molecule has 1 aromatic carbocycles. The zero-order chi connectivity index (χ0) is 11.8. The van der Waals surface area contributed by atoms with Gasteiger partial charge >= 0.3 is 0 Å². The maximum Gasteiger partial charge on any atom is 0.240 e. The van der Waals surface area contributed by atoms with E-state index in [-0.39, 0.29) is 6.54 Å². The summed E-state index contributed by atoms with van der Waals surface area (Å²) in [6.45, 7) is 0.272. The Labute approximate surface area is 107 Å². The van der Waals surface area contributed by atoms with E-state index in [2.05, 4.69) is 32.1 Å². The highest BCUT2D eigenvalue weighted by Gasteiger charge is 2.25. The van der Waals surface area contributed by atoms with Crippen molar-refractivity contribution >= 4 is 15.9 Å². The van der Waals surface area contributed by atoms with Crippen LogP contribution in [0.25, 0.3) is 11.4 Å². The van der Waals surface area contributed by atoms with Crippen LogP contribution in [0.3, 0.4) is 0 Å². The van der Waals surface area contributed by atoms with Gasteiger partial charge in [-0.05, 0) is 30.4 Å². The number of aromatic nitrogens is 2. The lowest BCUT2D eigenvalue weighted by atomic mass is 10.1. The van der Waals surface area contributed by atoms with Crippen LogP contribution in [0.1, 0.15) is 30.2 Å². The molecular weight excluding hydrogens is 282 g/mol. The molecule has 1 aromatic heterocycles. The van der Waals surface area contributed by atoms with Crippen LogP contribution in [0.4, 0.5) is 0 Å². The predicted molar refractivity (Wildman–Crippen MR) is 67.3 cm³/mol. The highest BCUT2D eigenvalue weighted by molar-refractivity contribution is 9.10. The summed E-state index contributed by atoms with van der Waals surface area (Å²) < 4.78 is 6.12. The Kier molecular flexibility index (Phi) is 2.72. The van der Waals surface area contributed by atoms with Crippen molar-refractivity contribution in [3.63, 3.8) is 0 Å². The predicted octanol–water partition coefficient (Wildman–Crippen LogP) is 2.84. The normalized spacial score (nSPS) is 15.2. The minimum absolute atomic E-state index is 0.272. The van der Waals surface area contributed by atoms with Gasteiger partial charge in [-0.1, -0.05) is 33.2 Å². The first-order valence-electron chi connectivity index (χ1n) is 5.60. The smallest absolute Gasteiger partial charge is 0.240 e. The molecule has 1 heterocycles. The van der Waals surface area contributed by atoms with Crippen molar-refractivity contribution in [2.45, 2.75) is 25.3 Å². The quantitative estimate of drug-likeness (QED) is 0.945. The van der Waals surface area contributed by atoms with Gasteiger partial charge in [0.1, 0.15) is 0 Å². The minimum Gasteiger partial charge on any atom is -0.338 e. The van der Waals surface area contributed by atoms with Crippen LogP contribution in [0, 0.1) is 0 Å². The molecule has 0 bridgehead atoms. The number of hydrogen-bond donors (Lipinski definition) is 1. The van der Waals surface area contributed by atoms with Crippen LogP contribution in [0.2, 0.25) is 0 Å². The van der Waals surface area contributed by atoms with Crippen molar-refractivity contribution in [3.05, 3.63) is 34.1 Å². The second-order valence-corrected chi connectivity index (χ2v) is 5.08. The van der Waals surface area contributed by atoms with E-state index in [1.54, 1.807) is 0 Å². The fraction of sp³-hybridized carbons (Fsp3) is 0.333. The zero-order valence-corrected chi connectivity index (χ0v) is 10.8. The fourth-order valence-electron chi connectivity index (χ4n) is 1.85. The van der Waals surface area contributed by atoms with E-state index in [1.165, 1.54) is 18.4 Å². The highest BCUT2D eigenvalue weighted by atomic mass is 79.9. The van der Waals surface area contributed by atoms with Gasteiger partial charge in [-0.15, -0.1) is 0 Å². The molecule has 1 aliphatic rings. The molecule has 4 nitrogen and oxygen atoms in total. The molecule has 0 saturated heterocycles. The van der Waals surface area contributed by atoms with Gasteiger partial charge in [-0.25, -0.2) is 0 Å². The summed E-state index contributed by atoms with van der Waals surface area (Å²) in [5.41, 5.74) is 7.76. The van der Waals surface area contributed by atoms with Crippen LogP contribution in [-0.2, 0) is 6.54 Å². The molecule has 1 saturated carbocycles. The van der Waals surface area contributed by atoms with E-state index < -0.39 is 0 Å². The van der Waals surface area contributed by atoms with Crippen LogP contribution in [0.15, 0.2) is 27.2 Å². The molecule has 2 aromatic rings. The minimum atomic E-state index is 0.272. The molecule has 0 spiro atoms. The fourth-order valence-corrected chi connectivity index (χ4v) is 2.55. The van der Waals surface area contributed by atoms with Crippen LogP contribution < -0.4 is 5.73 Å². The summed E-state index contributed by atoms with van der Waals surface area (Å²) in [5, 5.41) is 3.90. The molecule has 17 heavy (non-hydrogen) atoms. The molecule has 3 rings (SSSR count). The van der Waals surface area contributed by atoms with Gasteiger partial charge < -0.3 is 10.3 Å². The van der Waals surface area contributed by atoms with Crippen molar-refractivity contribution in [3.8, 4) is 11.4 Å². The van der Waals surface area contributed by atoms with E-state index in [4.69, 9.17) is 10.3 Å². The van der Waals surface area contributed by atoms with Gasteiger partial charge in [-0.3, -0.25) is 0 Å². The van der Waals surface area contributed by atoms with E-state index in [0.29, 0.717) is 11.7 Å². The van der Waals surface area contributed by atoms with Crippen molar-refractivity contribution in [1.29, 1.82) is 0 Å². The third-order valence-corrected chi connectivity index (χ3v) is 3.61. The van der Waals surface area contributed by atoms with Crippen LogP contribution >= 0.6 is 15.9 Å². The van der Waals surface area contributed by atoms with Crippen molar-refractivity contribution in [2.24, 2.45) is 5.73 Å². The van der Waals surface area contributed by atoms with Gasteiger partial charge in [0, 0.05) is 10.0 Å². The Morgan fingerprint density at radius 1 is 1.41 bits per heavy atom. The number of nitrogens with zero attached hydrogens (tertiary/aromatic N) is 2. The first kappa shape index (κ1) is 10.9. The Morgan fingerprint density at radius 3 is 2.82 bits per heavy atom. The Morgan fingerprint density at radius 2 is 2.24 bits per heavy atom. The molecule has 0 aliphatic heterocycles. The first-order valence-corrected chi connectivity index (χ1v) is 6.39. The largest absolute Gasteiger partial charge is 0.338 e. The Bertz CT molecular complexity index is 548. The zero-order valence-electron chi connectivity index (χ0n) is 9.19. The molecule has 0 atom stereocenters. The molecular formula is C12H12BrN3O. The average Bonchev–Trinajstić information content (AvgIpc) is 3.06. The lowest BCUT2D eigenvalue weighted by Gasteiger charge is -2.03. The standard InChI is InChI=1S/C12H12BrN3O/c13-10-5-8(3-4-9(10)7-1-2-7)12-15-11(6-14)17-16-12/h3-5,7H,1-2,6,14H2. The average molecular weight is 294 g/mol. The molecule has 0 radical (unpaired) electrons. The summed E-state index contributed by atoms with van der Waals surface area (Å²) >= 11 is 3.60. The van der Waals surface area contributed by atoms with Gasteiger partial charge in [-0.2, -0.15) is 4.98 Å². The molecule has 0 amide bonds. The summed E-state index contributed by atoms with van der Waals surface area (Å²) in [6.07, 6.45) is 2.58. The highest BCUT2D eigenvalue weighted by Crippen LogP contribution is 2.43. The summed E-state index contributed by atoms with van der Waals surface area (Å²) in [7, 11) is 0. The molecule has 5 heteroatoms. The number of benzene rings is 1. The van der Waals surface area contributed by atoms with E-state index in [1.807, 2.05) is 12.1 Å². The van der Waals surface area contributed by atoms with Crippen molar-refractivity contribution in [2.75, 3.05) is 0 Å². The molecule has 2 N–H and O–H groups in total. The number of halogens is 1. The SMILES string of the molecule is NCc1nc(-c2ccc(C3CC3)c(Br)c2)no1.